The number of nitrogens with zero attached hydrogens (tertiary/aromatic N) is 3. The number of carbonyl (C=O) groups excluding carboxylic acids is 2. The minimum absolute atomic E-state index is 0.00475. The molecule has 38 heavy (non-hydrogen) atoms. The fourth-order valence-electron chi connectivity index (χ4n) is 5.23. The van der Waals surface area contributed by atoms with Crippen LogP contribution < -0.4 is 0 Å². The predicted octanol–water partition coefficient (Wildman–Crippen LogP) is 6.14. The van der Waals surface area contributed by atoms with E-state index in [1.807, 2.05) is 29.2 Å². The second-order valence-electron chi connectivity index (χ2n) is 10.0. The molecule has 0 unspecified atom stereocenters. The number of benzene rings is 2. The van der Waals surface area contributed by atoms with Crippen molar-refractivity contribution in [2.45, 2.75) is 57.7 Å². The van der Waals surface area contributed by atoms with Crippen LogP contribution in [0.1, 0.15) is 60.1 Å². The monoisotopic (exact) mass is 579 g/mol. The topological polar surface area (TPSA) is 54.8 Å². The molecule has 1 aliphatic carbocycles. The van der Waals surface area contributed by atoms with Crippen molar-refractivity contribution in [1.29, 1.82) is 0 Å². The van der Waals surface area contributed by atoms with E-state index in [0.29, 0.717) is 31.7 Å². The molecule has 0 N–H and O–H groups in total. The van der Waals surface area contributed by atoms with Crippen LogP contribution in [0.3, 0.4) is 0 Å². The molecule has 0 atom stereocenters. The maximum Gasteiger partial charge on any atom is 0.254 e. The van der Waals surface area contributed by atoms with Gasteiger partial charge in [0, 0.05) is 54.8 Å². The van der Waals surface area contributed by atoms with Gasteiger partial charge < -0.3 is 19.1 Å². The molecule has 7 heteroatoms. The molecule has 0 spiro atoms. The lowest BCUT2D eigenvalue weighted by atomic mass is 9.94. The second-order valence-corrected chi connectivity index (χ2v) is 10.9. The first-order valence-corrected chi connectivity index (χ1v) is 14.4. The highest BCUT2D eigenvalue weighted by molar-refractivity contribution is 9.10. The Balaban J connectivity index is 1.54. The van der Waals surface area contributed by atoms with E-state index in [1.165, 1.54) is 12.0 Å². The molecule has 0 aliphatic heterocycles. The largest absolute Gasteiger partial charge is 0.385 e. The van der Waals surface area contributed by atoms with E-state index in [1.54, 1.807) is 18.1 Å². The molecule has 0 bridgehead atoms. The summed E-state index contributed by atoms with van der Waals surface area (Å²) in [6.45, 7) is 2.37. The summed E-state index contributed by atoms with van der Waals surface area (Å²) in [5, 5.41) is 0. The third-order valence-electron chi connectivity index (χ3n) is 7.25. The quantitative estimate of drug-likeness (QED) is 0.242. The van der Waals surface area contributed by atoms with Gasteiger partial charge >= 0.3 is 0 Å². The summed E-state index contributed by atoms with van der Waals surface area (Å²) in [4.78, 5) is 31.2. The number of hydrogen-bond donors (Lipinski definition) is 0. The molecule has 0 radical (unpaired) electrons. The van der Waals surface area contributed by atoms with Crippen LogP contribution in [-0.4, -0.2) is 59.0 Å². The van der Waals surface area contributed by atoms with Crippen LogP contribution in [0.2, 0.25) is 0 Å². The Morgan fingerprint density at radius 1 is 1.00 bits per heavy atom. The Morgan fingerprint density at radius 3 is 2.53 bits per heavy atom. The standard InChI is InChI=1S/C31H38BrN3O3/c1-38-20-10-19-34(31(37)26-13-8-14-27(32)21-26)24-30(36)35(28-15-6-3-7-16-28)23-29-17-9-18-33(29)22-25-11-4-2-5-12-25/h2,4-5,8-9,11-14,17-18,21,28H,3,6-7,10,15-16,19-20,22-24H2,1H3. The lowest BCUT2D eigenvalue weighted by Crippen LogP contribution is -2.48. The van der Waals surface area contributed by atoms with Crippen molar-refractivity contribution in [1.82, 2.24) is 14.4 Å². The smallest absolute Gasteiger partial charge is 0.254 e. The number of carbonyl (C=O) groups is 2. The fourth-order valence-corrected chi connectivity index (χ4v) is 5.63. The minimum Gasteiger partial charge on any atom is -0.385 e. The number of methoxy groups -OCH3 is 1. The SMILES string of the molecule is COCCCN(CC(=O)N(Cc1cccn1Cc1ccccc1)C1CCCCC1)C(=O)c1cccc(Br)c1. The maximum atomic E-state index is 14.0. The van der Waals surface area contributed by atoms with Crippen LogP contribution in [0.25, 0.3) is 0 Å². The zero-order valence-corrected chi connectivity index (χ0v) is 23.8. The van der Waals surface area contributed by atoms with Crippen molar-refractivity contribution in [2.75, 3.05) is 26.8 Å². The molecule has 1 aliphatic rings. The Labute approximate surface area is 234 Å². The molecule has 2 aromatic carbocycles. The summed E-state index contributed by atoms with van der Waals surface area (Å²) < 4.78 is 8.30. The lowest BCUT2D eigenvalue weighted by Gasteiger charge is -2.36. The van der Waals surface area contributed by atoms with Crippen LogP contribution in [-0.2, 0) is 22.6 Å². The molecule has 3 aromatic rings. The molecule has 4 rings (SSSR count). The first-order chi connectivity index (χ1) is 18.5. The fraction of sp³-hybridized carbons (Fsp3) is 0.419. The highest BCUT2D eigenvalue weighted by Gasteiger charge is 2.29. The molecule has 6 nitrogen and oxygen atoms in total. The first kappa shape index (κ1) is 28.1. The number of rotatable bonds is 12. The molecule has 2 amide bonds. The molecule has 1 saturated carbocycles. The Morgan fingerprint density at radius 2 is 1.79 bits per heavy atom. The van der Waals surface area contributed by atoms with Gasteiger partial charge in [-0.15, -0.1) is 0 Å². The Bertz CT molecular complexity index is 1170. The average molecular weight is 581 g/mol. The lowest BCUT2D eigenvalue weighted by molar-refractivity contribution is -0.135. The van der Waals surface area contributed by atoms with E-state index >= 15 is 0 Å². The van der Waals surface area contributed by atoms with Crippen LogP contribution in [0, 0.1) is 0 Å². The number of amides is 2. The molecular formula is C31H38BrN3O3. The molecular weight excluding hydrogens is 542 g/mol. The summed E-state index contributed by atoms with van der Waals surface area (Å²) >= 11 is 3.46. The van der Waals surface area contributed by atoms with Crippen LogP contribution >= 0.6 is 15.9 Å². The van der Waals surface area contributed by atoms with Crippen LogP contribution in [0.15, 0.2) is 77.4 Å². The van der Waals surface area contributed by atoms with Gasteiger partial charge in [0.15, 0.2) is 0 Å². The third kappa shape index (κ3) is 7.81. The third-order valence-corrected chi connectivity index (χ3v) is 7.74. The highest BCUT2D eigenvalue weighted by Crippen LogP contribution is 2.25. The number of halogens is 1. The van der Waals surface area contributed by atoms with E-state index in [2.05, 4.69) is 63.1 Å². The van der Waals surface area contributed by atoms with Crippen LogP contribution in [0.5, 0.6) is 0 Å². The van der Waals surface area contributed by atoms with Gasteiger partial charge in [0.05, 0.1) is 6.54 Å². The molecule has 202 valence electrons. The highest BCUT2D eigenvalue weighted by atomic mass is 79.9. The van der Waals surface area contributed by atoms with Gasteiger partial charge in [0.2, 0.25) is 5.91 Å². The summed E-state index contributed by atoms with van der Waals surface area (Å²) in [5.74, 6) is -0.128. The second kappa shape index (κ2) is 14.3. The minimum atomic E-state index is -0.133. The van der Waals surface area contributed by atoms with E-state index in [-0.39, 0.29) is 24.4 Å². The van der Waals surface area contributed by atoms with Gasteiger partial charge in [-0.3, -0.25) is 9.59 Å². The van der Waals surface area contributed by atoms with Gasteiger partial charge in [-0.05, 0) is 55.2 Å². The molecule has 1 aromatic heterocycles. The number of ether oxygens (including phenoxy) is 1. The van der Waals surface area contributed by atoms with Crippen molar-refractivity contribution in [3.8, 4) is 0 Å². The zero-order valence-electron chi connectivity index (χ0n) is 22.2. The van der Waals surface area contributed by atoms with Gasteiger partial charge in [0.25, 0.3) is 5.91 Å². The summed E-state index contributed by atoms with van der Waals surface area (Å²) in [6, 6.07) is 22.1. The van der Waals surface area contributed by atoms with Crippen molar-refractivity contribution >= 4 is 27.7 Å². The number of aromatic nitrogens is 1. The average Bonchev–Trinajstić information content (AvgIpc) is 3.38. The summed E-state index contributed by atoms with van der Waals surface area (Å²) in [7, 11) is 1.65. The molecule has 1 fully saturated rings. The van der Waals surface area contributed by atoms with Crippen molar-refractivity contribution in [2.24, 2.45) is 0 Å². The van der Waals surface area contributed by atoms with E-state index < -0.39 is 0 Å². The number of hydrogen-bond acceptors (Lipinski definition) is 3. The Kier molecular flexibility index (Phi) is 10.6. The molecule has 0 saturated heterocycles. The summed E-state index contributed by atoms with van der Waals surface area (Å²) in [6.07, 6.45) is 8.25. The van der Waals surface area contributed by atoms with Gasteiger partial charge in [-0.25, -0.2) is 0 Å². The van der Waals surface area contributed by atoms with E-state index in [0.717, 1.165) is 42.4 Å². The van der Waals surface area contributed by atoms with Crippen molar-refractivity contribution < 1.29 is 14.3 Å². The zero-order chi connectivity index (χ0) is 26.7. The summed E-state index contributed by atoms with van der Waals surface area (Å²) in [5.41, 5.74) is 2.91. The normalized spacial score (nSPS) is 13.8. The Hall–Kier alpha value is -2.90. The van der Waals surface area contributed by atoms with Gasteiger partial charge in [-0.2, -0.15) is 0 Å². The van der Waals surface area contributed by atoms with Crippen LogP contribution in [0.4, 0.5) is 0 Å². The van der Waals surface area contributed by atoms with Gasteiger partial charge in [0.1, 0.15) is 6.54 Å². The molecule has 1 heterocycles. The van der Waals surface area contributed by atoms with Crippen molar-refractivity contribution in [3.05, 3.63) is 94.2 Å². The van der Waals surface area contributed by atoms with E-state index in [4.69, 9.17) is 4.74 Å². The maximum absolute atomic E-state index is 14.0. The van der Waals surface area contributed by atoms with E-state index in [9.17, 15) is 9.59 Å². The predicted molar refractivity (Wildman–Crippen MR) is 154 cm³/mol. The first-order valence-electron chi connectivity index (χ1n) is 13.6. The van der Waals surface area contributed by atoms with Gasteiger partial charge in [-0.1, -0.05) is 71.6 Å². The van der Waals surface area contributed by atoms with Crippen molar-refractivity contribution in [3.63, 3.8) is 0 Å².